The van der Waals surface area contributed by atoms with Crippen LogP contribution >= 0.6 is 0 Å². The number of nitrogens with zero attached hydrogens (tertiary/aromatic N) is 2. The van der Waals surface area contributed by atoms with E-state index >= 15 is 0 Å². The molecule has 0 aromatic carbocycles. The summed E-state index contributed by atoms with van der Waals surface area (Å²) in [5.41, 5.74) is 5.96. The van der Waals surface area contributed by atoms with Gasteiger partial charge in [-0.05, 0) is 19.1 Å². The Kier molecular flexibility index (Phi) is 2.61. The van der Waals surface area contributed by atoms with Crippen LogP contribution in [-0.4, -0.2) is 16.7 Å². The van der Waals surface area contributed by atoms with E-state index in [0.29, 0.717) is 11.3 Å². The van der Waals surface area contributed by atoms with E-state index in [4.69, 9.17) is 16.1 Å². The summed E-state index contributed by atoms with van der Waals surface area (Å²) in [4.78, 5) is 3.98. The molecule has 0 bridgehead atoms. The average Bonchev–Trinajstić information content (AvgIpc) is 2.18. The van der Waals surface area contributed by atoms with Gasteiger partial charge in [-0.1, -0.05) is 0 Å². The molecule has 0 radical (unpaired) electrons. The zero-order chi connectivity index (χ0) is 9.90. The van der Waals surface area contributed by atoms with Crippen molar-refractivity contribution in [2.24, 2.45) is 5.73 Å². The molecule has 1 atom stereocenters. The van der Waals surface area contributed by atoms with E-state index in [0.717, 1.165) is 0 Å². The minimum atomic E-state index is -0.839. The van der Waals surface area contributed by atoms with Crippen LogP contribution in [0.3, 0.4) is 0 Å². The van der Waals surface area contributed by atoms with Crippen LogP contribution in [0, 0.1) is 11.3 Å². The molecule has 0 amide bonds. The number of aromatic nitrogens is 1. The lowest BCUT2D eigenvalue weighted by Gasteiger charge is -2.20. The molecular formula is C9H11N3O. The van der Waals surface area contributed by atoms with Crippen molar-refractivity contribution in [3.05, 3.63) is 29.6 Å². The normalized spacial score (nSPS) is 14.6. The molecule has 13 heavy (non-hydrogen) atoms. The Morgan fingerprint density at radius 3 is 2.77 bits per heavy atom. The summed E-state index contributed by atoms with van der Waals surface area (Å²) in [5.74, 6) is 0. The van der Waals surface area contributed by atoms with Crippen LogP contribution in [-0.2, 0) is 5.54 Å². The van der Waals surface area contributed by atoms with Crippen molar-refractivity contribution >= 4 is 0 Å². The molecule has 1 aromatic rings. The third-order valence-corrected chi connectivity index (χ3v) is 1.81. The summed E-state index contributed by atoms with van der Waals surface area (Å²) in [6, 6.07) is 5.23. The predicted octanol–water partition coefficient (Wildman–Crippen LogP) is 0.119. The van der Waals surface area contributed by atoms with Gasteiger partial charge in [-0.3, -0.25) is 4.98 Å². The van der Waals surface area contributed by atoms with Crippen LogP contribution in [0.25, 0.3) is 0 Å². The topological polar surface area (TPSA) is 82.9 Å². The van der Waals surface area contributed by atoms with Crippen molar-refractivity contribution < 1.29 is 5.11 Å². The number of hydrogen-bond acceptors (Lipinski definition) is 4. The summed E-state index contributed by atoms with van der Waals surface area (Å²) in [7, 11) is 0. The van der Waals surface area contributed by atoms with Crippen molar-refractivity contribution in [3.63, 3.8) is 0 Å². The smallest absolute Gasteiger partial charge is 0.101 e. The van der Waals surface area contributed by atoms with E-state index in [9.17, 15) is 0 Å². The van der Waals surface area contributed by atoms with Crippen molar-refractivity contribution in [3.8, 4) is 6.07 Å². The van der Waals surface area contributed by atoms with Gasteiger partial charge in [-0.2, -0.15) is 5.26 Å². The number of aliphatic hydroxyl groups excluding tert-OH is 1. The first-order valence-electron chi connectivity index (χ1n) is 3.86. The second-order valence-corrected chi connectivity index (χ2v) is 3.12. The third-order valence-electron chi connectivity index (χ3n) is 1.81. The van der Waals surface area contributed by atoms with E-state index in [-0.39, 0.29) is 6.61 Å². The summed E-state index contributed by atoms with van der Waals surface area (Å²) in [6.45, 7) is 1.51. The first-order chi connectivity index (χ1) is 6.10. The SMILES string of the molecule is C[C@@](N)(CO)c1ccc(C#N)cn1. The second-order valence-electron chi connectivity index (χ2n) is 3.12. The van der Waals surface area contributed by atoms with Crippen LogP contribution < -0.4 is 5.73 Å². The molecule has 0 saturated carbocycles. The minimum Gasteiger partial charge on any atom is -0.394 e. The van der Waals surface area contributed by atoms with Gasteiger partial charge in [0.1, 0.15) is 6.07 Å². The first kappa shape index (κ1) is 9.65. The fraction of sp³-hybridized carbons (Fsp3) is 0.333. The van der Waals surface area contributed by atoms with Crippen LogP contribution in [0.1, 0.15) is 18.2 Å². The molecule has 1 heterocycles. The van der Waals surface area contributed by atoms with Crippen molar-refractivity contribution in [2.45, 2.75) is 12.5 Å². The minimum absolute atomic E-state index is 0.175. The molecule has 0 aliphatic rings. The Balaban J connectivity index is 3.00. The standard InChI is InChI=1S/C9H11N3O/c1-9(11,6-13)8-3-2-7(4-10)5-12-8/h2-3,5,13H,6,11H2,1H3/t9-/m1/s1. The molecular weight excluding hydrogens is 166 g/mol. The highest BCUT2D eigenvalue weighted by Gasteiger charge is 2.20. The number of aliphatic hydroxyl groups is 1. The van der Waals surface area contributed by atoms with Crippen molar-refractivity contribution in [1.29, 1.82) is 5.26 Å². The summed E-state index contributed by atoms with van der Waals surface area (Å²) in [5, 5.41) is 17.5. The molecule has 0 saturated heterocycles. The lowest BCUT2D eigenvalue weighted by molar-refractivity contribution is 0.207. The summed E-state index contributed by atoms with van der Waals surface area (Å²) in [6.07, 6.45) is 1.44. The third kappa shape index (κ3) is 2.02. The van der Waals surface area contributed by atoms with Crippen LogP contribution in [0.15, 0.2) is 18.3 Å². The van der Waals surface area contributed by atoms with Gasteiger partial charge in [0, 0.05) is 6.20 Å². The molecule has 0 spiro atoms. The average molecular weight is 177 g/mol. The van der Waals surface area contributed by atoms with Gasteiger partial charge in [0.2, 0.25) is 0 Å². The Labute approximate surface area is 76.6 Å². The van der Waals surface area contributed by atoms with Crippen LogP contribution in [0.4, 0.5) is 0 Å². The van der Waals surface area contributed by atoms with E-state index < -0.39 is 5.54 Å². The second kappa shape index (κ2) is 3.52. The van der Waals surface area contributed by atoms with E-state index in [1.807, 2.05) is 6.07 Å². The van der Waals surface area contributed by atoms with Crippen LogP contribution in [0.2, 0.25) is 0 Å². The molecule has 1 aromatic heterocycles. The van der Waals surface area contributed by atoms with Gasteiger partial charge in [-0.15, -0.1) is 0 Å². The molecule has 4 nitrogen and oxygen atoms in total. The van der Waals surface area contributed by atoms with E-state index in [1.165, 1.54) is 6.20 Å². The summed E-state index contributed by atoms with van der Waals surface area (Å²) < 4.78 is 0. The molecule has 0 unspecified atom stereocenters. The van der Waals surface area contributed by atoms with Crippen LogP contribution in [0.5, 0.6) is 0 Å². The fourth-order valence-electron chi connectivity index (χ4n) is 0.879. The highest BCUT2D eigenvalue weighted by molar-refractivity contribution is 5.28. The van der Waals surface area contributed by atoms with Gasteiger partial charge in [-0.25, -0.2) is 0 Å². The molecule has 68 valence electrons. The van der Waals surface area contributed by atoms with Gasteiger partial charge >= 0.3 is 0 Å². The number of rotatable bonds is 2. The van der Waals surface area contributed by atoms with Crippen molar-refractivity contribution in [2.75, 3.05) is 6.61 Å². The van der Waals surface area contributed by atoms with Crippen molar-refractivity contribution in [1.82, 2.24) is 4.98 Å². The maximum absolute atomic E-state index is 8.94. The lowest BCUT2D eigenvalue weighted by Crippen LogP contribution is -2.37. The Hall–Kier alpha value is -1.44. The highest BCUT2D eigenvalue weighted by Crippen LogP contribution is 2.13. The quantitative estimate of drug-likeness (QED) is 0.672. The van der Waals surface area contributed by atoms with Gasteiger partial charge < -0.3 is 10.8 Å². The Morgan fingerprint density at radius 2 is 2.38 bits per heavy atom. The predicted molar refractivity (Wildman–Crippen MR) is 47.6 cm³/mol. The molecule has 0 aliphatic carbocycles. The van der Waals surface area contributed by atoms with Gasteiger partial charge in [0.05, 0.1) is 23.4 Å². The van der Waals surface area contributed by atoms with E-state index in [1.54, 1.807) is 19.1 Å². The van der Waals surface area contributed by atoms with Gasteiger partial charge in [0.25, 0.3) is 0 Å². The number of pyridine rings is 1. The zero-order valence-electron chi connectivity index (χ0n) is 7.36. The zero-order valence-corrected chi connectivity index (χ0v) is 7.36. The monoisotopic (exact) mass is 177 g/mol. The van der Waals surface area contributed by atoms with E-state index in [2.05, 4.69) is 4.98 Å². The molecule has 1 rings (SSSR count). The first-order valence-corrected chi connectivity index (χ1v) is 3.86. The number of hydrogen-bond donors (Lipinski definition) is 2. The largest absolute Gasteiger partial charge is 0.394 e. The molecule has 4 heteroatoms. The lowest BCUT2D eigenvalue weighted by atomic mass is 10.00. The fourth-order valence-corrected chi connectivity index (χ4v) is 0.879. The number of nitrogens with two attached hydrogens (primary N) is 1. The Bertz CT molecular complexity index is 324. The maximum Gasteiger partial charge on any atom is 0.101 e. The Morgan fingerprint density at radius 1 is 1.69 bits per heavy atom. The maximum atomic E-state index is 8.94. The highest BCUT2D eigenvalue weighted by atomic mass is 16.3. The molecule has 0 aliphatic heterocycles. The number of nitriles is 1. The molecule has 3 N–H and O–H groups in total. The summed E-state index contributed by atoms with van der Waals surface area (Å²) >= 11 is 0. The van der Waals surface area contributed by atoms with Gasteiger partial charge in [0.15, 0.2) is 0 Å². The molecule has 0 fully saturated rings.